The standard InChI is InChI=1S/C12H12O6/c1-6(8-5-10(14)18-12(8)16)2-3-7-4-9(13)17-11(7)15/h4,6,8H,2-3,5H2,1H3. The fourth-order valence-corrected chi connectivity index (χ4v) is 2.07. The molecule has 18 heavy (non-hydrogen) atoms. The topological polar surface area (TPSA) is 86.7 Å². The SMILES string of the molecule is CC(CCC1=CC(=O)OC1=O)C1CC(=O)OC1=O. The third-order valence-corrected chi connectivity index (χ3v) is 3.21. The molecule has 0 saturated carbocycles. The monoisotopic (exact) mass is 252 g/mol. The summed E-state index contributed by atoms with van der Waals surface area (Å²) in [4.78, 5) is 44.3. The van der Waals surface area contributed by atoms with E-state index in [2.05, 4.69) is 9.47 Å². The van der Waals surface area contributed by atoms with Gasteiger partial charge in [-0.05, 0) is 18.8 Å². The largest absolute Gasteiger partial charge is 0.393 e. The summed E-state index contributed by atoms with van der Waals surface area (Å²) in [7, 11) is 0. The van der Waals surface area contributed by atoms with Crippen molar-refractivity contribution in [3.05, 3.63) is 11.6 Å². The van der Waals surface area contributed by atoms with Crippen LogP contribution in [0.4, 0.5) is 0 Å². The number of hydrogen-bond donors (Lipinski definition) is 0. The predicted octanol–water partition coefficient (Wildman–Crippen LogP) is 0.502. The van der Waals surface area contributed by atoms with Crippen LogP contribution in [0.2, 0.25) is 0 Å². The smallest absolute Gasteiger partial charge is 0.342 e. The molecule has 2 atom stereocenters. The van der Waals surface area contributed by atoms with Crippen LogP contribution in [0.1, 0.15) is 26.2 Å². The summed E-state index contributed by atoms with van der Waals surface area (Å²) >= 11 is 0. The molecule has 0 radical (unpaired) electrons. The molecule has 0 spiro atoms. The van der Waals surface area contributed by atoms with E-state index in [1.165, 1.54) is 0 Å². The Labute approximate surface area is 103 Å². The van der Waals surface area contributed by atoms with Gasteiger partial charge in [0.2, 0.25) is 0 Å². The van der Waals surface area contributed by atoms with Crippen LogP contribution < -0.4 is 0 Å². The minimum Gasteiger partial charge on any atom is -0.393 e. The molecule has 96 valence electrons. The molecular weight excluding hydrogens is 240 g/mol. The van der Waals surface area contributed by atoms with Crippen molar-refractivity contribution in [2.75, 3.05) is 0 Å². The van der Waals surface area contributed by atoms with Crippen molar-refractivity contribution in [2.45, 2.75) is 26.2 Å². The number of hydrogen-bond acceptors (Lipinski definition) is 6. The van der Waals surface area contributed by atoms with E-state index >= 15 is 0 Å². The Morgan fingerprint density at radius 3 is 2.50 bits per heavy atom. The molecule has 6 nitrogen and oxygen atoms in total. The molecule has 1 saturated heterocycles. The average Bonchev–Trinajstić information content (AvgIpc) is 2.78. The van der Waals surface area contributed by atoms with E-state index < -0.39 is 29.8 Å². The third kappa shape index (κ3) is 2.47. The maximum absolute atomic E-state index is 11.3. The zero-order valence-corrected chi connectivity index (χ0v) is 9.80. The normalized spacial score (nSPS) is 24.9. The molecular formula is C12H12O6. The van der Waals surface area contributed by atoms with Crippen LogP contribution >= 0.6 is 0 Å². The first-order valence-corrected chi connectivity index (χ1v) is 5.68. The van der Waals surface area contributed by atoms with Gasteiger partial charge in [0.05, 0.1) is 12.3 Å². The lowest BCUT2D eigenvalue weighted by Gasteiger charge is -2.14. The van der Waals surface area contributed by atoms with Gasteiger partial charge in [-0.15, -0.1) is 0 Å². The van der Waals surface area contributed by atoms with Gasteiger partial charge in [-0.25, -0.2) is 9.59 Å². The minimum atomic E-state index is -0.655. The van der Waals surface area contributed by atoms with Gasteiger partial charge in [-0.1, -0.05) is 6.92 Å². The Bertz CT molecular complexity index is 461. The van der Waals surface area contributed by atoms with E-state index in [9.17, 15) is 19.2 Å². The van der Waals surface area contributed by atoms with Gasteiger partial charge in [0, 0.05) is 11.6 Å². The van der Waals surface area contributed by atoms with E-state index in [1.54, 1.807) is 0 Å². The fraction of sp³-hybridized carbons (Fsp3) is 0.500. The Kier molecular flexibility index (Phi) is 3.27. The van der Waals surface area contributed by atoms with Crippen molar-refractivity contribution in [1.82, 2.24) is 0 Å². The summed E-state index contributed by atoms with van der Waals surface area (Å²) in [5.41, 5.74) is 0.310. The molecule has 2 rings (SSSR count). The van der Waals surface area contributed by atoms with Crippen LogP contribution in [0, 0.1) is 11.8 Å². The van der Waals surface area contributed by atoms with E-state index in [-0.39, 0.29) is 12.3 Å². The van der Waals surface area contributed by atoms with Crippen LogP contribution in [0.3, 0.4) is 0 Å². The van der Waals surface area contributed by atoms with Crippen molar-refractivity contribution in [3.8, 4) is 0 Å². The van der Waals surface area contributed by atoms with Crippen LogP contribution in [0.15, 0.2) is 11.6 Å². The van der Waals surface area contributed by atoms with Gasteiger partial charge in [0.1, 0.15) is 0 Å². The first-order valence-electron chi connectivity index (χ1n) is 5.68. The van der Waals surface area contributed by atoms with Crippen molar-refractivity contribution >= 4 is 23.9 Å². The molecule has 0 aromatic heterocycles. The highest BCUT2D eigenvalue weighted by atomic mass is 16.6. The maximum atomic E-state index is 11.3. The Balaban J connectivity index is 1.89. The number of carbonyl (C=O) groups excluding carboxylic acids is 4. The molecule has 2 aliphatic rings. The van der Waals surface area contributed by atoms with Crippen LogP contribution in [0.25, 0.3) is 0 Å². The van der Waals surface area contributed by atoms with E-state index in [0.717, 1.165) is 6.08 Å². The van der Waals surface area contributed by atoms with E-state index in [1.807, 2.05) is 6.92 Å². The first kappa shape index (κ1) is 12.5. The highest BCUT2D eigenvalue weighted by Gasteiger charge is 2.37. The Morgan fingerprint density at radius 1 is 1.28 bits per heavy atom. The summed E-state index contributed by atoms with van der Waals surface area (Å²) in [6.45, 7) is 1.81. The Hall–Kier alpha value is -1.98. The number of esters is 4. The van der Waals surface area contributed by atoms with Crippen molar-refractivity contribution in [3.63, 3.8) is 0 Å². The molecule has 0 amide bonds. The molecule has 0 aromatic carbocycles. The zero-order valence-electron chi connectivity index (χ0n) is 9.80. The van der Waals surface area contributed by atoms with Crippen molar-refractivity contribution < 1.29 is 28.7 Å². The fourth-order valence-electron chi connectivity index (χ4n) is 2.07. The quantitative estimate of drug-likeness (QED) is 0.535. The molecule has 1 fully saturated rings. The van der Waals surface area contributed by atoms with Gasteiger partial charge in [0.25, 0.3) is 0 Å². The van der Waals surface area contributed by atoms with Gasteiger partial charge in [-0.3, -0.25) is 9.59 Å². The van der Waals surface area contributed by atoms with Gasteiger partial charge >= 0.3 is 23.9 Å². The molecule has 0 aromatic rings. The second kappa shape index (κ2) is 4.72. The zero-order chi connectivity index (χ0) is 13.3. The van der Waals surface area contributed by atoms with Gasteiger partial charge in [-0.2, -0.15) is 0 Å². The number of rotatable bonds is 4. The second-order valence-corrected chi connectivity index (χ2v) is 4.50. The van der Waals surface area contributed by atoms with Crippen LogP contribution in [-0.2, 0) is 28.7 Å². The predicted molar refractivity (Wildman–Crippen MR) is 56.8 cm³/mol. The molecule has 2 heterocycles. The lowest BCUT2D eigenvalue weighted by molar-refractivity contribution is -0.154. The van der Waals surface area contributed by atoms with Crippen LogP contribution in [0.5, 0.6) is 0 Å². The number of carbonyl (C=O) groups is 4. The molecule has 6 heteroatoms. The summed E-state index contributed by atoms with van der Waals surface area (Å²) in [5, 5.41) is 0. The third-order valence-electron chi connectivity index (χ3n) is 3.21. The highest BCUT2D eigenvalue weighted by Crippen LogP contribution is 2.29. The van der Waals surface area contributed by atoms with E-state index in [4.69, 9.17) is 0 Å². The van der Waals surface area contributed by atoms with Crippen molar-refractivity contribution in [2.24, 2.45) is 11.8 Å². The highest BCUT2D eigenvalue weighted by molar-refractivity contribution is 6.08. The van der Waals surface area contributed by atoms with Gasteiger partial charge in [0.15, 0.2) is 0 Å². The summed E-state index contributed by atoms with van der Waals surface area (Å²) in [6, 6.07) is 0. The molecule has 0 bridgehead atoms. The summed E-state index contributed by atoms with van der Waals surface area (Å²) < 4.78 is 8.82. The number of ether oxygens (including phenoxy) is 2. The van der Waals surface area contributed by atoms with E-state index in [0.29, 0.717) is 18.4 Å². The van der Waals surface area contributed by atoms with Crippen LogP contribution in [-0.4, -0.2) is 23.9 Å². The summed E-state index contributed by atoms with van der Waals surface area (Å²) in [5.74, 6) is -2.84. The molecule has 2 aliphatic heterocycles. The number of cyclic esters (lactones) is 4. The molecule has 2 unspecified atom stereocenters. The lowest BCUT2D eigenvalue weighted by atomic mass is 9.87. The van der Waals surface area contributed by atoms with Crippen molar-refractivity contribution in [1.29, 1.82) is 0 Å². The molecule has 0 aliphatic carbocycles. The molecule has 0 N–H and O–H groups in total. The first-order chi connectivity index (χ1) is 8.47. The maximum Gasteiger partial charge on any atom is 0.342 e. The lowest BCUT2D eigenvalue weighted by Crippen LogP contribution is -2.17. The summed E-state index contributed by atoms with van der Waals surface area (Å²) in [6.07, 6.45) is 2.11. The average molecular weight is 252 g/mol. The minimum absolute atomic E-state index is 0.0857. The van der Waals surface area contributed by atoms with Gasteiger partial charge < -0.3 is 9.47 Å². The Morgan fingerprint density at radius 2 is 2.00 bits per heavy atom. The second-order valence-electron chi connectivity index (χ2n) is 4.50.